The zero-order valence-corrected chi connectivity index (χ0v) is 18.3. The largest absolute Gasteiger partial charge is 0.370 e. The number of halogens is 1. The Morgan fingerprint density at radius 1 is 1.26 bits per heavy atom. The number of fused-ring (bicyclic) bond motifs is 1. The molecule has 9 heteroatoms. The molecule has 1 atom stereocenters. The molecule has 1 saturated heterocycles. The predicted octanol–water partition coefficient (Wildman–Crippen LogP) is 3.79. The van der Waals surface area contributed by atoms with E-state index in [2.05, 4.69) is 22.7 Å². The molecule has 2 N–H and O–H groups in total. The second-order valence-corrected chi connectivity index (χ2v) is 8.02. The van der Waals surface area contributed by atoms with Crippen LogP contribution in [0.4, 0.5) is 11.5 Å². The van der Waals surface area contributed by atoms with Gasteiger partial charge in [0.05, 0.1) is 11.9 Å². The minimum atomic E-state index is -0.305. The molecule has 1 unspecified atom stereocenters. The van der Waals surface area contributed by atoms with Crippen LogP contribution in [-0.4, -0.2) is 50.9 Å². The molecule has 4 rings (SSSR count). The summed E-state index contributed by atoms with van der Waals surface area (Å²) >= 11 is 5.93. The summed E-state index contributed by atoms with van der Waals surface area (Å²) in [6.07, 6.45) is 2.88. The van der Waals surface area contributed by atoms with Gasteiger partial charge in [-0.1, -0.05) is 18.5 Å². The number of nitrogens with zero attached hydrogens (tertiary/aromatic N) is 4. The topological polar surface area (TPSA) is 91.6 Å². The van der Waals surface area contributed by atoms with Gasteiger partial charge in [-0.3, -0.25) is 9.59 Å². The molecule has 3 aromatic rings. The first-order valence-electron chi connectivity index (χ1n) is 10.5. The summed E-state index contributed by atoms with van der Waals surface area (Å²) in [6, 6.07) is 8.85. The third-order valence-corrected chi connectivity index (χ3v) is 5.66. The number of hydrogen-bond donors (Lipinski definition) is 2. The van der Waals surface area contributed by atoms with E-state index in [1.807, 2.05) is 17.9 Å². The number of carbonyl (C=O) groups is 2. The Bertz CT molecular complexity index is 1110. The summed E-state index contributed by atoms with van der Waals surface area (Å²) in [4.78, 5) is 31.8. The molecule has 3 heterocycles. The van der Waals surface area contributed by atoms with Gasteiger partial charge < -0.3 is 15.5 Å². The Morgan fingerprint density at radius 2 is 2.03 bits per heavy atom. The summed E-state index contributed by atoms with van der Waals surface area (Å²) in [7, 11) is 0. The lowest BCUT2D eigenvalue weighted by molar-refractivity contribution is -0.127. The summed E-state index contributed by atoms with van der Waals surface area (Å²) in [5.74, 6) is 0.573. The van der Waals surface area contributed by atoms with E-state index in [4.69, 9.17) is 16.6 Å². The third-order valence-electron chi connectivity index (χ3n) is 5.41. The van der Waals surface area contributed by atoms with Gasteiger partial charge in [0.2, 0.25) is 5.91 Å². The highest BCUT2D eigenvalue weighted by molar-refractivity contribution is 6.30. The van der Waals surface area contributed by atoms with Crippen LogP contribution in [0.1, 0.15) is 48.7 Å². The van der Waals surface area contributed by atoms with E-state index in [-0.39, 0.29) is 17.7 Å². The maximum absolute atomic E-state index is 13.0. The van der Waals surface area contributed by atoms with Crippen LogP contribution >= 0.6 is 11.6 Å². The van der Waals surface area contributed by atoms with Crippen molar-refractivity contribution in [2.45, 2.75) is 32.6 Å². The molecular weight excluding hydrogens is 416 g/mol. The molecule has 31 heavy (non-hydrogen) atoms. The second kappa shape index (κ2) is 8.93. The Morgan fingerprint density at radius 3 is 2.71 bits per heavy atom. The number of anilines is 2. The molecule has 1 fully saturated rings. The molecule has 162 valence electrons. The molecule has 2 aromatic heterocycles. The summed E-state index contributed by atoms with van der Waals surface area (Å²) in [5, 5.41) is 11.2. The van der Waals surface area contributed by atoms with Crippen LogP contribution in [0.2, 0.25) is 5.02 Å². The van der Waals surface area contributed by atoms with Crippen molar-refractivity contribution in [1.29, 1.82) is 0 Å². The van der Waals surface area contributed by atoms with Crippen molar-refractivity contribution in [1.82, 2.24) is 19.5 Å². The average molecular weight is 441 g/mol. The first kappa shape index (κ1) is 21.1. The van der Waals surface area contributed by atoms with Gasteiger partial charge in [-0.25, -0.2) is 4.98 Å². The zero-order chi connectivity index (χ0) is 22.0. The van der Waals surface area contributed by atoms with Gasteiger partial charge in [-0.15, -0.1) is 0 Å². The first-order valence-corrected chi connectivity index (χ1v) is 10.8. The zero-order valence-electron chi connectivity index (χ0n) is 17.6. The van der Waals surface area contributed by atoms with Crippen LogP contribution in [0.25, 0.3) is 5.65 Å². The standard InChI is InChI=1S/C22H25ClN6O2/c1-3-9-24-19-11-18(14-10-20(30)28(4-2)13-14)27-21-17(12-25-29(19)21)22(31)26-16-7-5-15(23)6-8-16/h5-8,11-12,14,24H,3-4,9-10,13H2,1-2H3,(H,26,31). The number of carbonyl (C=O) groups excluding carboxylic acids is 2. The first-order chi connectivity index (χ1) is 15.0. The van der Waals surface area contributed by atoms with Crippen molar-refractivity contribution >= 4 is 40.6 Å². The van der Waals surface area contributed by atoms with Crippen LogP contribution in [0.15, 0.2) is 36.5 Å². The van der Waals surface area contributed by atoms with Gasteiger partial charge in [0, 0.05) is 48.7 Å². The molecule has 0 spiro atoms. The molecule has 0 radical (unpaired) electrons. The maximum Gasteiger partial charge on any atom is 0.261 e. The molecule has 0 bridgehead atoms. The molecule has 0 saturated carbocycles. The van der Waals surface area contributed by atoms with Crippen LogP contribution in [0.5, 0.6) is 0 Å². The maximum atomic E-state index is 13.0. The van der Waals surface area contributed by atoms with E-state index >= 15 is 0 Å². The number of nitrogens with one attached hydrogen (secondary N) is 2. The normalized spacial score (nSPS) is 16.2. The van der Waals surface area contributed by atoms with Crippen molar-refractivity contribution in [2.75, 3.05) is 30.3 Å². The average Bonchev–Trinajstić information content (AvgIpc) is 3.37. The summed E-state index contributed by atoms with van der Waals surface area (Å²) < 4.78 is 1.64. The lowest BCUT2D eigenvalue weighted by Crippen LogP contribution is -2.24. The highest BCUT2D eigenvalue weighted by Crippen LogP contribution is 2.29. The van der Waals surface area contributed by atoms with E-state index in [0.717, 1.165) is 24.5 Å². The fourth-order valence-corrected chi connectivity index (χ4v) is 3.86. The lowest BCUT2D eigenvalue weighted by atomic mass is 10.0. The van der Waals surface area contributed by atoms with E-state index in [1.54, 1.807) is 28.8 Å². The molecule has 1 aliphatic heterocycles. The van der Waals surface area contributed by atoms with E-state index < -0.39 is 0 Å². The minimum absolute atomic E-state index is 0.0123. The van der Waals surface area contributed by atoms with Crippen molar-refractivity contribution < 1.29 is 9.59 Å². The Balaban J connectivity index is 1.70. The number of hydrogen-bond acceptors (Lipinski definition) is 5. The van der Waals surface area contributed by atoms with Crippen molar-refractivity contribution in [2.24, 2.45) is 0 Å². The monoisotopic (exact) mass is 440 g/mol. The molecule has 1 aromatic carbocycles. The minimum Gasteiger partial charge on any atom is -0.370 e. The number of aromatic nitrogens is 3. The van der Waals surface area contributed by atoms with Crippen LogP contribution in [-0.2, 0) is 4.79 Å². The summed E-state index contributed by atoms with van der Waals surface area (Å²) in [6.45, 7) is 6.12. The third kappa shape index (κ3) is 4.34. The highest BCUT2D eigenvalue weighted by Gasteiger charge is 2.31. The van der Waals surface area contributed by atoms with E-state index in [1.165, 1.54) is 6.20 Å². The second-order valence-electron chi connectivity index (χ2n) is 7.58. The van der Waals surface area contributed by atoms with Gasteiger partial charge in [-0.05, 0) is 37.6 Å². The van der Waals surface area contributed by atoms with E-state index in [0.29, 0.717) is 41.4 Å². The number of likely N-dealkylation sites (tertiary alicyclic amines) is 1. The molecule has 0 aliphatic carbocycles. The number of benzene rings is 1. The van der Waals surface area contributed by atoms with Gasteiger partial charge in [0.15, 0.2) is 5.65 Å². The molecule has 8 nitrogen and oxygen atoms in total. The van der Waals surface area contributed by atoms with Crippen molar-refractivity contribution in [3.05, 3.63) is 52.8 Å². The Kier molecular flexibility index (Phi) is 6.08. The number of likely N-dealkylation sites (N-methyl/N-ethyl adjacent to an activating group) is 1. The van der Waals surface area contributed by atoms with E-state index in [9.17, 15) is 9.59 Å². The molecular formula is C22H25ClN6O2. The van der Waals surface area contributed by atoms with Crippen molar-refractivity contribution in [3.8, 4) is 0 Å². The Hall–Kier alpha value is -3.13. The predicted molar refractivity (Wildman–Crippen MR) is 121 cm³/mol. The SMILES string of the molecule is CCCNc1cc(C2CC(=O)N(CC)C2)nc2c(C(=O)Nc3ccc(Cl)cc3)cnn12. The van der Waals surface area contributed by atoms with Crippen LogP contribution < -0.4 is 10.6 Å². The van der Waals surface area contributed by atoms with Crippen LogP contribution in [0, 0.1) is 0 Å². The van der Waals surface area contributed by atoms with Gasteiger partial charge in [0.1, 0.15) is 11.4 Å². The van der Waals surface area contributed by atoms with Gasteiger partial charge in [-0.2, -0.15) is 9.61 Å². The van der Waals surface area contributed by atoms with Crippen LogP contribution in [0.3, 0.4) is 0 Å². The summed E-state index contributed by atoms with van der Waals surface area (Å²) in [5.41, 5.74) is 2.25. The fraction of sp³-hybridized carbons (Fsp3) is 0.364. The number of amides is 2. The fourth-order valence-electron chi connectivity index (χ4n) is 3.74. The highest BCUT2D eigenvalue weighted by atomic mass is 35.5. The quantitative estimate of drug-likeness (QED) is 0.583. The lowest BCUT2D eigenvalue weighted by Gasteiger charge is -2.15. The molecule has 1 aliphatic rings. The Labute approximate surface area is 185 Å². The molecule has 2 amide bonds. The number of rotatable bonds is 7. The van der Waals surface area contributed by atoms with Gasteiger partial charge >= 0.3 is 0 Å². The van der Waals surface area contributed by atoms with Gasteiger partial charge in [0.25, 0.3) is 5.91 Å². The smallest absolute Gasteiger partial charge is 0.261 e. The van der Waals surface area contributed by atoms with Crippen molar-refractivity contribution in [3.63, 3.8) is 0 Å².